The maximum absolute atomic E-state index is 9.93. The van der Waals surface area contributed by atoms with E-state index < -0.39 is 0 Å². The number of phenolic OH excluding ortho intramolecular Hbond substituents is 1. The van der Waals surface area contributed by atoms with E-state index in [2.05, 4.69) is 41.3 Å². The van der Waals surface area contributed by atoms with Crippen molar-refractivity contribution in [1.29, 1.82) is 0 Å². The van der Waals surface area contributed by atoms with Gasteiger partial charge in [-0.15, -0.1) is 0 Å². The standard InChI is InChI=1S/C25H33NO/c27-24-14-7-12-22(19-24)25-15-8-13-23(20-25)26(18-16-25)17-6-2-5-11-21-9-3-1-4-10-21/h1,3-4,7,9-10,12,14,19,23,27H,2,5-6,8,11,13,15-18,20H2/t23-,25+/m1/s1. The van der Waals surface area contributed by atoms with Gasteiger partial charge in [-0.3, -0.25) is 0 Å². The SMILES string of the molecule is Oc1cccc([C@]23CCC[C@H](C2)N(CCCCCc2ccccc2)CC3)c1. The van der Waals surface area contributed by atoms with Crippen molar-refractivity contribution in [2.45, 2.75) is 69.2 Å². The van der Waals surface area contributed by atoms with E-state index in [0.717, 1.165) is 6.04 Å². The van der Waals surface area contributed by atoms with Gasteiger partial charge in [-0.2, -0.15) is 0 Å². The molecule has 2 nitrogen and oxygen atoms in total. The zero-order chi connectivity index (χ0) is 18.5. The summed E-state index contributed by atoms with van der Waals surface area (Å²) in [5.41, 5.74) is 3.15. The van der Waals surface area contributed by atoms with E-state index in [4.69, 9.17) is 0 Å². The van der Waals surface area contributed by atoms with E-state index in [1.807, 2.05) is 12.1 Å². The summed E-state index contributed by atoms with van der Waals surface area (Å²) in [6.45, 7) is 2.48. The summed E-state index contributed by atoms with van der Waals surface area (Å²) < 4.78 is 0. The number of aryl methyl sites for hydroxylation is 1. The van der Waals surface area contributed by atoms with Gasteiger partial charge in [0.1, 0.15) is 5.75 Å². The summed E-state index contributed by atoms with van der Waals surface area (Å²) >= 11 is 0. The Morgan fingerprint density at radius 1 is 0.963 bits per heavy atom. The van der Waals surface area contributed by atoms with Crippen LogP contribution in [0.4, 0.5) is 0 Å². The zero-order valence-electron chi connectivity index (χ0n) is 16.4. The number of fused-ring (bicyclic) bond motifs is 2. The highest BCUT2D eigenvalue weighted by molar-refractivity contribution is 5.34. The molecule has 0 spiro atoms. The maximum Gasteiger partial charge on any atom is 0.115 e. The van der Waals surface area contributed by atoms with E-state index in [1.165, 1.54) is 82.0 Å². The number of piperidine rings is 1. The average molecular weight is 364 g/mol. The van der Waals surface area contributed by atoms with Crippen LogP contribution in [0.15, 0.2) is 54.6 Å². The molecule has 0 radical (unpaired) electrons. The summed E-state index contributed by atoms with van der Waals surface area (Å²) in [5, 5.41) is 9.93. The quantitative estimate of drug-likeness (QED) is 0.639. The number of phenols is 1. The number of nitrogens with zero attached hydrogens (tertiary/aromatic N) is 1. The summed E-state index contributed by atoms with van der Waals surface area (Å²) in [5.74, 6) is 0.421. The molecule has 27 heavy (non-hydrogen) atoms. The van der Waals surface area contributed by atoms with Crippen LogP contribution in [0.2, 0.25) is 0 Å². The van der Waals surface area contributed by atoms with Crippen molar-refractivity contribution in [3.05, 3.63) is 65.7 Å². The predicted molar refractivity (Wildman–Crippen MR) is 112 cm³/mol. The number of aromatic hydroxyl groups is 1. The van der Waals surface area contributed by atoms with Gasteiger partial charge in [0.05, 0.1) is 0 Å². The first kappa shape index (κ1) is 18.6. The second-order valence-electron chi connectivity index (χ2n) is 8.66. The average Bonchev–Trinajstić information content (AvgIpc) is 2.70. The first-order valence-corrected chi connectivity index (χ1v) is 10.8. The molecule has 1 saturated carbocycles. The molecular weight excluding hydrogens is 330 g/mol. The fourth-order valence-corrected chi connectivity index (χ4v) is 5.41. The van der Waals surface area contributed by atoms with Crippen LogP contribution in [0.1, 0.15) is 62.5 Å². The summed E-state index contributed by atoms with van der Waals surface area (Å²) in [4.78, 5) is 2.77. The highest BCUT2D eigenvalue weighted by atomic mass is 16.3. The molecule has 144 valence electrons. The molecular formula is C25H33NO. The van der Waals surface area contributed by atoms with Crippen LogP contribution in [0.25, 0.3) is 0 Å². The topological polar surface area (TPSA) is 23.5 Å². The molecule has 2 fully saturated rings. The van der Waals surface area contributed by atoms with Crippen LogP contribution in [-0.2, 0) is 11.8 Å². The Balaban J connectivity index is 1.27. The number of likely N-dealkylation sites (tertiary alicyclic amines) is 1. The van der Waals surface area contributed by atoms with Crippen LogP contribution in [0, 0.1) is 0 Å². The molecule has 0 amide bonds. The molecule has 0 aromatic heterocycles. The summed E-state index contributed by atoms with van der Waals surface area (Å²) in [6, 6.07) is 19.7. The highest BCUT2D eigenvalue weighted by Gasteiger charge is 2.43. The second kappa shape index (κ2) is 8.48. The van der Waals surface area contributed by atoms with E-state index in [0.29, 0.717) is 11.2 Å². The van der Waals surface area contributed by atoms with Crippen LogP contribution in [0.5, 0.6) is 5.75 Å². The van der Waals surface area contributed by atoms with E-state index in [-0.39, 0.29) is 0 Å². The lowest BCUT2D eigenvalue weighted by Gasteiger charge is -2.51. The lowest BCUT2D eigenvalue weighted by Crippen LogP contribution is -2.51. The third kappa shape index (κ3) is 4.38. The van der Waals surface area contributed by atoms with E-state index in [9.17, 15) is 5.11 Å². The van der Waals surface area contributed by atoms with Crippen molar-refractivity contribution >= 4 is 0 Å². The smallest absolute Gasteiger partial charge is 0.115 e. The minimum absolute atomic E-state index is 0.311. The maximum atomic E-state index is 9.93. The number of hydrogen-bond donors (Lipinski definition) is 1. The highest BCUT2D eigenvalue weighted by Crippen LogP contribution is 2.47. The van der Waals surface area contributed by atoms with Gasteiger partial charge < -0.3 is 10.0 Å². The van der Waals surface area contributed by atoms with Crippen molar-refractivity contribution in [3.63, 3.8) is 0 Å². The van der Waals surface area contributed by atoms with Gasteiger partial charge in [-0.1, -0.05) is 55.3 Å². The molecule has 1 aliphatic heterocycles. The normalized spacial score (nSPS) is 25.4. The summed E-state index contributed by atoms with van der Waals surface area (Å²) in [6.07, 6.45) is 11.7. The van der Waals surface area contributed by atoms with Gasteiger partial charge in [0.2, 0.25) is 0 Å². The molecule has 4 rings (SSSR count). The Kier molecular flexibility index (Phi) is 5.83. The molecule has 2 aromatic rings. The van der Waals surface area contributed by atoms with Crippen LogP contribution < -0.4 is 0 Å². The Morgan fingerprint density at radius 2 is 1.85 bits per heavy atom. The number of rotatable bonds is 7. The van der Waals surface area contributed by atoms with Crippen LogP contribution >= 0.6 is 0 Å². The fourth-order valence-electron chi connectivity index (χ4n) is 5.41. The first-order chi connectivity index (χ1) is 13.3. The molecule has 2 atom stereocenters. The molecule has 2 aliphatic rings. The van der Waals surface area contributed by atoms with Gasteiger partial charge in [0.15, 0.2) is 0 Å². The predicted octanol–water partition coefficient (Wildman–Crippen LogP) is 5.69. The Hall–Kier alpha value is -1.80. The van der Waals surface area contributed by atoms with Gasteiger partial charge in [-0.25, -0.2) is 0 Å². The second-order valence-corrected chi connectivity index (χ2v) is 8.66. The molecule has 1 N–H and O–H groups in total. The van der Waals surface area contributed by atoms with E-state index >= 15 is 0 Å². The van der Waals surface area contributed by atoms with Crippen LogP contribution in [-0.4, -0.2) is 29.1 Å². The Morgan fingerprint density at radius 3 is 2.70 bits per heavy atom. The third-order valence-electron chi connectivity index (χ3n) is 6.93. The summed E-state index contributed by atoms with van der Waals surface area (Å²) in [7, 11) is 0. The number of benzene rings is 2. The largest absolute Gasteiger partial charge is 0.508 e. The lowest BCUT2D eigenvalue weighted by atomic mass is 9.63. The Bertz CT molecular complexity index is 728. The minimum atomic E-state index is 0.311. The van der Waals surface area contributed by atoms with E-state index in [1.54, 1.807) is 6.07 Å². The number of unbranched alkanes of at least 4 members (excludes halogenated alkanes) is 2. The first-order valence-electron chi connectivity index (χ1n) is 10.8. The number of hydrogen-bond acceptors (Lipinski definition) is 2. The molecule has 2 bridgehead atoms. The molecule has 2 aromatic carbocycles. The van der Waals surface area contributed by atoms with Crippen molar-refractivity contribution in [2.75, 3.05) is 13.1 Å². The van der Waals surface area contributed by atoms with Crippen molar-refractivity contribution in [2.24, 2.45) is 0 Å². The van der Waals surface area contributed by atoms with Crippen molar-refractivity contribution < 1.29 is 5.11 Å². The zero-order valence-corrected chi connectivity index (χ0v) is 16.4. The van der Waals surface area contributed by atoms with Crippen LogP contribution in [0.3, 0.4) is 0 Å². The molecule has 1 saturated heterocycles. The molecule has 2 heteroatoms. The molecule has 1 heterocycles. The van der Waals surface area contributed by atoms with Gasteiger partial charge in [0.25, 0.3) is 0 Å². The van der Waals surface area contributed by atoms with Crippen molar-refractivity contribution in [3.8, 4) is 5.75 Å². The lowest BCUT2D eigenvalue weighted by molar-refractivity contribution is 0.0503. The van der Waals surface area contributed by atoms with Gasteiger partial charge in [0, 0.05) is 6.04 Å². The molecule has 0 unspecified atom stereocenters. The van der Waals surface area contributed by atoms with Gasteiger partial charge in [-0.05, 0) is 86.7 Å². The van der Waals surface area contributed by atoms with Gasteiger partial charge >= 0.3 is 0 Å². The Labute approximate surface area is 164 Å². The van der Waals surface area contributed by atoms with Crippen molar-refractivity contribution in [1.82, 2.24) is 4.90 Å². The monoisotopic (exact) mass is 363 g/mol. The fraction of sp³-hybridized carbons (Fsp3) is 0.520. The third-order valence-corrected chi connectivity index (χ3v) is 6.93. The molecule has 1 aliphatic carbocycles. The minimum Gasteiger partial charge on any atom is -0.508 e.